The first-order valence-corrected chi connectivity index (χ1v) is 15.2. The average molecular weight is 491 g/mol. The zero-order valence-electron chi connectivity index (χ0n) is 23.1. The Morgan fingerprint density at radius 1 is 0.583 bits per heavy atom. The highest BCUT2D eigenvalue weighted by molar-refractivity contribution is 5.64. The highest BCUT2D eigenvalue weighted by Crippen LogP contribution is 2.38. The Morgan fingerprint density at radius 3 is 1.72 bits per heavy atom. The lowest BCUT2D eigenvalue weighted by Crippen LogP contribution is -2.31. The van der Waals surface area contributed by atoms with Gasteiger partial charge in [0.15, 0.2) is 0 Å². The minimum atomic E-state index is 0.0649. The Balaban J connectivity index is 1.22. The summed E-state index contributed by atoms with van der Waals surface area (Å²) in [7, 11) is 0. The Hall–Kier alpha value is -1.64. The van der Waals surface area contributed by atoms with Crippen molar-refractivity contribution in [3.8, 4) is 11.1 Å². The van der Waals surface area contributed by atoms with Crippen LogP contribution in [0.5, 0.6) is 0 Å². The molecule has 0 spiro atoms. The Bertz CT molecular complexity index is 766. The minimum absolute atomic E-state index is 0.0649. The second-order valence-corrected chi connectivity index (χ2v) is 11.4. The third-order valence-corrected chi connectivity index (χ3v) is 8.66. The van der Waals surface area contributed by atoms with Crippen molar-refractivity contribution < 1.29 is 9.47 Å². The summed E-state index contributed by atoms with van der Waals surface area (Å²) in [6.45, 7) is 5.96. The Kier molecular flexibility index (Phi) is 11.4. The number of ether oxygens (including phenoxy) is 2. The maximum Gasteiger partial charge on any atom is 0.106 e. The van der Waals surface area contributed by atoms with Gasteiger partial charge in [-0.3, -0.25) is 0 Å². The summed E-state index contributed by atoms with van der Waals surface area (Å²) in [6, 6.07) is 18.3. The summed E-state index contributed by atoms with van der Waals surface area (Å²) >= 11 is 0. The first-order valence-electron chi connectivity index (χ1n) is 15.2. The largest absolute Gasteiger partial charge is 0.373 e. The van der Waals surface area contributed by atoms with E-state index in [1.165, 1.54) is 106 Å². The van der Waals surface area contributed by atoms with E-state index in [0.29, 0.717) is 6.61 Å². The zero-order valence-corrected chi connectivity index (χ0v) is 23.1. The van der Waals surface area contributed by atoms with E-state index in [0.717, 1.165) is 24.9 Å². The molecule has 0 amide bonds. The van der Waals surface area contributed by atoms with Crippen molar-refractivity contribution in [1.29, 1.82) is 0 Å². The van der Waals surface area contributed by atoms with Crippen LogP contribution in [0.1, 0.15) is 127 Å². The van der Waals surface area contributed by atoms with Gasteiger partial charge in [0.05, 0.1) is 19.3 Å². The smallest absolute Gasteiger partial charge is 0.106 e. The fraction of sp³-hybridized carbons (Fsp3) is 0.647. The molecule has 0 unspecified atom stereocenters. The van der Waals surface area contributed by atoms with E-state index in [2.05, 4.69) is 62.4 Å². The third kappa shape index (κ3) is 8.18. The van der Waals surface area contributed by atoms with Gasteiger partial charge in [0.1, 0.15) is 6.10 Å². The van der Waals surface area contributed by atoms with E-state index >= 15 is 0 Å². The number of hydrogen-bond acceptors (Lipinski definition) is 2. The van der Waals surface area contributed by atoms with Crippen LogP contribution in [0.15, 0.2) is 48.5 Å². The van der Waals surface area contributed by atoms with Crippen molar-refractivity contribution in [2.75, 3.05) is 13.2 Å². The third-order valence-electron chi connectivity index (χ3n) is 8.66. The van der Waals surface area contributed by atoms with E-state index in [1.807, 2.05) is 0 Å². The topological polar surface area (TPSA) is 18.5 Å². The van der Waals surface area contributed by atoms with Crippen LogP contribution >= 0.6 is 0 Å². The van der Waals surface area contributed by atoms with Crippen molar-refractivity contribution in [2.24, 2.45) is 5.92 Å². The molecule has 4 rings (SSSR count). The van der Waals surface area contributed by atoms with E-state index in [4.69, 9.17) is 9.47 Å². The monoisotopic (exact) mass is 490 g/mol. The van der Waals surface area contributed by atoms with Gasteiger partial charge in [0, 0.05) is 0 Å². The summed E-state index contributed by atoms with van der Waals surface area (Å²) in [6.07, 6.45) is 19.3. The molecule has 2 aliphatic rings. The fourth-order valence-electron chi connectivity index (χ4n) is 6.18. The van der Waals surface area contributed by atoms with Gasteiger partial charge in [0.25, 0.3) is 0 Å². The standard InChI is InChI=1S/C34H50O2/c1-3-5-7-9-11-27-13-15-28(16-14-27)29-17-19-30(20-18-29)31-21-23-32(24-22-31)34-26-35-33(25-36-34)12-10-8-6-4-2/h17-24,27-28,33-34H,3-16,25-26H2,1-2H3/t27?,28?,33-,34-/m0/s1. The van der Waals surface area contributed by atoms with E-state index in [1.54, 1.807) is 0 Å². The molecule has 1 saturated carbocycles. The van der Waals surface area contributed by atoms with Gasteiger partial charge in [-0.15, -0.1) is 0 Å². The molecule has 2 atom stereocenters. The van der Waals surface area contributed by atoms with Gasteiger partial charge in [-0.1, -0.05) is 120 Å². The molecule has 198 valence electrons. The molecule has 2 fully saturated rings. The summed E-state index contributed by atoms with van der Waals surface area (Å²) in [4.78, 5) is 0. The van der Waals surface area contributed by atoms with Gasteiger partial charge < -0.3 is 9.47 Å². The van der Waals surface area contributed by atoms with Crippen LogP contribution < -0.4 is 0 Å². The van der Waals surface area contributed by atoms with Gasteiger partial charge >= 0.3 is 0 Å². The molecule has 1 aliphatic heterocycles. The molecule has 2 heteroatoms. The van der Waals surface area contributed by atoms with Gasteiger partial charge in [-0.2, -0.15) is 0 Å². The Labute approximate surface area is 221 Å². The predicted molar refractivity (Wildman–Crippen MR) is 153 cm³/mol. The van der Waals surface area contributed by atoms with Crippen LogP contribution in [0.2, 0.25) is 0 Å². The van der Waals surface area contributed by atoms with Gasteiger partial charge in [0.2, 0.25) is 0 Å². The lowest BCUT2D eigenvalue weighted by atomic mass is 9.77. The molecule has 2 nitrogen and oxygen atoms in total. The highest BCUT2D eigenvalue weighted by atomic mass is 16.6. The van der Waals surface area contributed by atoms with Crippen LogP contribution in [0, 0.1) is 5.92 Å². The second kappa shape index (κ2) is 14.9. The second-order valence-electron chi connectivity index (χ2n) is 11.4. The number of unbranched alkanes of at least 4 members (excludes halogenated alkanes) is 6. The van der Waals surface area contributed by atoms with Crippen molar-refractivity contribution in [1.82, 2.24) is 0 Å². The average Bonchev–Trinajstić information content (AvgIpc) is 2.94. The molecule has 0 bridgehead atoms. The van der Waals surface area contributed by atoms with Crippen LogP contribution in [-0.2, 0) is 9.47 Å². The van der Waals surface area contributed by atoms with E-state index in [-0.39, 0.29) is 12.2 Å². The quantitative estimate of drug-likeness (QED) is 0.260. The van der Waals surface area contributed by atoms with Crippen molar-refractivity contribution in [2.45, 2.75) is 122 Å². The maximum atomic E-state index is 6.18. The van der Waals surface area contributed by atoms with Crippen molar-refractivity contribution >= 4 is 0 Å². The van der Waals surface area contributed by atoms with Crippen molar-refractivity contribution in [3.63, 3.8) is 0 Å². The minimum Gasteiger partial charge on any atom is -0.373 e. The normalized spacial score (nSPS) is 24.6. The fourth-order valence-corrected chi connectivity index (χ4v) is 6.18. The van der Waals surface area contributed by atoms with Crippen molar-refractivity contribution in [3.05, 3.63) is 59.7 Å². The molecule has 0 aromatic heterocycles. The molecule has 2 aromatic carbocycles. The summed E-state index contributed by atoms with van der Waals surface area (Å²) < 4.78 is 12.3. The molecule has 0 N–H and O–H groups in total. The van der Waals surface area contributed by atoms with Crippen LogP contribution in [0.25, 0.3) is 11.1 Å². The summed E-state index contributed by atoms with van der Waals surface area (Å²) in [5.41, 5.74) is 5.36. The summed E-state index contributed by atoms with van der Waals surface area (Å²) in [5.74, 6) is 1.73. The SMILES string of the molecule is CCCCCCC1CCC(c2ccc(-c3ccc([C@@H]4CO[C@@H](CCCCCC)CO4)cc3)cc2)CC1. The molecule has 1 heterocycles. The number of hydrogen-bond donors (Lipinski definition) is 0. The number of benzene rings is 2. The van der Waals surface area contributed by atoms with Gasteiger partial charge in [-0.05, 0) is 66.2 Å². The van der Waals surface area contributed by atoms with Gasteiger partial charge in [-0.25, -0.2) is 0 Å². The zero-order chi connectivity index (χ0) is 25.0. The predicted octanol–water partition coefficient (Wildman–Crippen LogP) is 10.0. The number of rotatable bonds is 13. The van der Waals surface area contributed by atoms with Crippen LogP contribution in [0.3, 0.4) is 0 Å². The lowest BCUT2D eigenvalue weighted by Gasteiger charge is -2.30. The molecule has 0 radical (unpaired) electrons. The first-order chi connectivity index (χ1) is 17.8. The van der Waals surface area contributed by atoms with E-state index in [9.17, 15) is 0 Å². The Morgan fingerprint density at radius 2 is 1.17 bits per heavy atom. The molecule has 1 saturated heterocycles. The highest BCUT2D eigenvalue weighted by Gasteiger charge is 2.24. The maximum absolute atomic E-state index is 6.18. The molecule has 36 heavy (non-hydrogen) atoms. The van der Waals surface area contributed by atoms with Crippen LogP contribution in [-0.4, -0.2) is 19.3 Å². The first kappa shape index (κ1) is 27.4. The molecule has 2 aromatic rings. The lowest BCUT2D eigenvalue weighted by molar-refractivity contribution is -0.137. The van der Waals surface area contributed by atoms with Crippen LogP contribution in [0.4, 0.5) is 0 Å². The molecule has 1 aliphatic carbocycles. The molecular weight excluding hydrogens is 440 g/mol. The van der Waals surface area contributed by atoms with E-state index < -0.39 is 0 Å². The molecular formula is C34H50O2. The summed E-state index contributed by atoms with van der Waals surface area (Å²) in [5, 5.41) is 0.